The molecule has 2 aromatic heterocycles. The second-order valence-corrected chi connectivity index (χ2v) is 9.27. The monoisotopic (exact) mass is 505 g/mol. The summed E-state index contributed by atoms with van der Waals surface area (Å²) >= 11 is 5.03. The smallest absolute Gasteiger partial charge is 0.268 e. The van der Waals surface area contributed by atoms with E-state index < -0.39 is 6.10 Å². The van der Waals surface area contributed by atoms with E-state index in [1.54, 1.807) is 17.5 Å². The van der Waals surface area contributed by atoms with Crippen LogP contribution in [0, 0.1) is 0 Å². The number of thiazole rings is 1. The summed E-state index contributed by atoms with van der Waals surface area (Å²) < 4.78 is 7.03. The molecule has 0 saturated heterocycles. The van der Waals surface area contributed by atoms with E-state index in [1.807, 2.05) is 77.9 Å². The quantitative estimate of drug-likeness (QED) is 0.317. The number of carbonyl (C=O) groups is 1. The SMILES string of the molecule is CCC1Oc2ccc(-c3csc(-c4ccccn4)n3)cc2N(Cc2ccc(Br)cc2)C1=O. The summed E-state index contributed by atoms with van der Waals surface area (Å²) in [6.07, 6.45) is 1.91. The summed E-state index contributed by atoms with van der Waals surface area (Å²) in [5.74, 6) is 0.699. The van der Waals surface area contributed by atoms with Gasteiger partial charge < -0.3 is 9.64 Å². The molecule has 5 nitrogen and oxygen atoms in total. The molecule has 0 N–H and O–H groups in total. The fourth-order valence-electron chi connectivity index (χ4n) is 3.69. The first-order valence-electron chi connectivity index (χ1n) is 10.4. The van der Waals surface area contributed by atoms with Crippen LogP contribution in [0.3, 0.4) is 0 Å². The lowest BCUT2D eigenvalue weighted by Gasteiger charge is -2.34. The molecule has 0 radical (unpaired) electrons. The molecular formula is C25H20BrN3O2S. The number of hydrogen-bond donors (Lipinski definition) is 0. The van der Waals surface area contributed by atoms with Crippen LogP contribution < -0.4 is 9.64 Å². The average molecular weight is 506 g/mol. The highest BCUT2D eigenvalue weighted by atomic mass is 79.9. The van der Waals surface area contributed by atoms with Gasteiger partial charge in [-0.25, -0.2) is 4.98 Å². The maximum Gasteiger partial charge on any atom is 0.268 e. The van der Waals surface area contributed by atoms with Gasteiger partial charge in [-0.05, 0) is 54.4 Å². The summed E-state index contributed by atoms with van der Waals surface area (Å²) in [5, 5.41) is 2.88. The normalized spacial score (nSPS) is 15.4. The van der Waals surface area contributed by atoms with Gasteiger partial charge in [-0.3, -0.25) is 9.78 Å². The summed E-state index contributed by atoms with van der Waals surface area (Å²) in [6.45, 7) is 2.45. The molecule has 3 heterocycles. The zero-order chi connectivity index (χ0) is 22.1. The Balaban J connectivity index is 1.51. The molecule has 0 fully saturated rings. The third kappa shape index (κ3) is 4.06. The number of halogens is 1. The Hall–Kier alpha value is -3.03. The van der Waals surface area contributed by atoms with Gasteiger partial charge in [-0.1, -0.05) is 41.1 Å². The van der Waals surface area contributed by atoms with Crippen molar-refractivity contribution in [3.05, 3.63) is 82.3 Å². The van der Waals surface area contributed by atoms with Crippen molar-refractivity contribution in [1.29, 1.82) is 0 Å². The van der Waals surface area contributed by atoms with E-state index in [0.717, 1.165) is 43.4 Å². The number of rotatable bonds is 5. The van der Waals surface area contributed by atoms with Gasteiger partial charge in [-0.2, -0.15) is 0 Å². The molecule has 1 aliphatic heterocycles. The van der Waals surface area contributed by atoms with Crippen LogP contribution in [-0.2, 0) is 11.3 Å². The predicted molar refractivity (Wildman–Crippen MR) is 131 cm³/mol. The van der Waals surface area contributed by atoms with Gasteiger partial charge in [-0.15, -0.1) is 11.3 Å². The summed E-state index contributed by atoms with van der Waals surface area (Å²) in [6, 6.07) is 19.8. The molecular weight excluding hydrogens is 486 g/mol. The minimum absolute atomic E-state index is 0.0208. The largest absolute Gasteiger partial charge is 0.478 e. The van der Waals surface area contributed by atoms with Crippen LogP contribution >= 0.6 is 27.3 Å². The Labute approximate surface area is 198 Å². The molecule has 160 valence electrons. The number of pyridine rings is 1. The van der Waals surface area contributed by atoms with E-state index in [0.29, 0.717) is 13.0 Å². The van der Waals surface area contributed by atoms with Gasteiger partial charge in [0, 0.05) is 21.6 Å². The van der Waals surface area contributed by atoms with Crippen molar-refractivity contribution in [2.75, 3.05) is 4.90 Å². The maximum atomic E-state index is 13.2. The lowest BCUT2D eigenvalue weighted by atomic mass is 10.1. The van der Waals surface area contributed by atoms with Crippen molar-refractivity contribution in [3.8, 4) is 27.7 Å². The van der Waals surface area contributed by atoms with Crippen molar-refractivity contribution in [2.24, 2.45) is 0 Å². The Kier molecular flexibility index (Phi) is 5.76. The fraction of sp³-hybridized carbons (Fsp3) is 0.160. The highest BCUT2D eigenvalue weighted by Crippen LogP contribution is 2.39. The van der Waals surface area contributed by atoms with Crippen molar-refractivity contribution in [1.82, 2.24) is 9.97 Å². The topological polar surface area (TPSA) is 55.3 Å². The van der Waals surface area contributed by atoms with Crippen LogP contribution in [0.5, 0.6) is 5.75 Å². The highest BCUT2D eigenvalue weighted by molar-refractivity contribution is 9.10. The average Bonchev–Trinajstić information content (AvgIpc) is 3.33. The molecule has 0 saturated carbocycles. The van der Waals surface area contributed by atoms with Crippen LogP contribution in [0.15, 0.2) is 76.7 Å². The molecule has 1 unspecified atom stereocenters. The van der Waals surface area contributed by atoms with Gasteiger partial charge >= 0.3 is 0 Å². The first kappa shape index (κ1) is 20.8. The summed E-state index contributed by atoms with van der Waals surface area (Å²) in [5.41, 5.74) is 4.47. The van der Waals surface area contributed by atoms with Crippen LogP contribution in [0.25, 0.3) is 22.0 Å². The van der Waals surface area contributed by atoms with E-state index >= 15 is 0 Å². The van der Waals surface area contributed by atoms with Gasteiger partial charge in [0.05, 0.1) is 23.6 Å². The predicted octanol–water partition coefficient (Wildman–Crippen LogP) is 6.34. The van der Waals surface area contributed by atoms with Gasteiger partial charge in [0.15, 0.2) is 6.10 Å². The van der Waals surface area contributed by atoms with E-state index in [4.69, 9.17) is 9.72 Å². The number of nitrogens with zero attached hydrogens (tertiary/aromatic N) is 3. The number of anilines is 1. The molecule has 1 atom stereocenters. The van der Waals surface area contributed by atoms with Crippen molar-refractivity contribution in [3.63, 3.8) is 0 Å². The second-order valence-electron chi connectivity index (χ2n) is 7.50. The van der Waals surface area contributed by atoms with E-state index in [2.05, 4.69) is 20.9 Å². The Morgan fingerprint density at radius 3 is 2.69 bits per heavy atom. The molecule has 1 aliphatic rings. The first-order valence-corrected chi connectivity index (χ1v) is 12.0. The number of hydrogen-bond acceptors (Lipinski definition) is 5. The summed E-state index contributed by atoms with van der Waals surface area (Å²) in [4.78, 5) is 24.2. The number of fused-ring (bicyclic) bond motifs is 1. The van der Waals surface area contributed by atoms with Crippen LogP contribution in [0.4, 0.5) is 5.69 Å². The van der Waals surface area contributed by atoms with Gasteiger partial charge in [0.2, 0.25) is 0 Å². The maximum absolute atomic E-state index is 13.2. The second kappa shape index (κ2) is 8.84. The Bertz CT molecular complexity index is 1260. The Morgan fingerprint density at radius 2 is 1.94 bits per heavy atom. The number of ether oxygens (including phenoxy) is 1. The number of amides is 1. The number of benzene rings is 2. The van der Waals surface area contributed by atoms with Gasteiger partial charge in [0.1, 0.15) is 10.8 Å². The van der Waals surface area contributed by atoms with E-state index in [9.17, 15) is 4.79 Å². The van der Waals surface area contributed by atoms with Crippen LogP contribution in [0.2, 0.25) is 0 Å². The van der Waals surface area contributed by atoms with E-state index in [-0.39, 0.29) is 5.91 Å². The van der Waals surface area contributed by atoms with Crippen molar-refractivity contribution < 1.29 is 9.53 Å². The Morgan fingerprint density at radius 1 is 1.09 bits per heavy atom. The molecule has 2 aromatic carbocycles. The standard InChI is InChI=1S/C25H20BrN3O2S/c1-2-22-25(30)29(14-16-6-9-18(26)10-7-16)21-13-17(8-11-23(21)31-22)20-15-32-24(28-20)19-5-3-4-12-27-19/h3-13,15,22H,2,14H2,1H3. The third-order valence-electron chi connectivity index (χ3n) is 5.37. The molecule has 0 spiro atoms. The van der Waals surface area contributed by atoms with Crippen LogP contribution in [0.1, 0.15) is 18.9 Å². The van der Waals surface area contributed by atoms with Gasteiger partial charge in [0.25, 0.3) is 5.91 Å². The number of aromatic nitrogens is 2. The van der Waals surface area contributed by atoms with Crippen LogP contribution in [-0.4, -0.2) is 22.0 Å². The summed E-state index contributed by atoms with van der Waals surface area (Å²) in [7, 11) is 0. The zero-order valence-corrected chi connectivity index (χ0v) is 19.8. The molecule has 1 amide bonds. The van der Waals surface area contributed by atoms with Crippen molar-refractivity contribution >= 4 is 38.9 Å². The van der Waals surface area contributed by atoms with E-state index in [1.165, 1.54) is 0 Å². The third-order valence-corrected chi connectivity index (χ3v) is 6.76. The molecule has 5 rings (SSSR count). The minimum Gasteiger partial charge on any atom is -0.478 e. The van der Waals surface area contributed by atoms with Crippen molar-refractivity contribution in [2.45, 2.75) is 26.0 Å². The lowest BCUT2D eigenvalue weighted by molar-refractivity contribution is -0.126. The number of carbonyl (C=O) groups excluding carboxylic acids is 1. The molecule has 0 aliphatic carbocycles. The molecule has 4 aromatic rings. The zero-order valence-electron chi connectivity index (χ0n) is 17.4. The molecule has 32 heavy (non-hydrogen) atoms. The highest BCUT2D eigenvalue weighted by Gasteiger charge is 2.33. The molecule has 7 heteroatoms. The lowest BCUT2D eigenvalue weighted by Crippen LogP contribution is -2.45. The first-order chi connectivity index (χ1) is 15.6. The molecule has 0 bridgehead atoms. The fourth-order valence-corrected chi connectivity index (χ4v) is 4.76. The minimum atomic E-state index is -0.473.